The lowest BCUT2D eigenvalue weighted by Gasteiger charge is -2.34. The van der Waals surface area contributed by atoms with Crippen LogP contribution in [0.3, 0.4) is 0 Å². The number of hydrogen-bond acceptors (Lipinski definition) is 6. The van der Waals surface area contributed by atoms with Crippen LogP contribution in [0, 0.1) is 23.2 Å². The largest absolute Gasteiger partial charge is 0.465 e. The summed E-state index contributed by atoms with van der Waals surface area (Å²) in [5, 5.41) is 17.1. The lowest BCUT2D eigenvalue weighted by atomic mass is 9.75. The molecule has 6 nitrogen and oxygen atoms in total. The second-order valence-corrected chi connectivity index (χ2v) is 10.1. The average Bonchev–Trinajstić information content (AvgIpc) is 3.50. The summed E-state index contributed by atoms with van der Waals surface area (Å²) in [6.07, 6.45) is 7.05. The van der Waals surface area contributed by atoms with Crippen molar-refractivity contribution in [2.45, 2.75) is 51.1 Å². The average molecular weight is 457 g/mol. The minimum Gasteiger partial charge on any atom is -0.465 e. The molecule has 6 heteroatoms. The van der Waals surface area contributed by atoms with Crippen LogP contribution in [0.25, 0.3) is 0 Å². The zero-order valence-electron chi connectivity index (χ0n) is 20.3. The molecule has 0 aromatic heterocycles. The molecule has 0 radical (unpaired) electrons. The van der Waals surface area contributed by atoms with Gasteiger partial charge in [-0.15, -0.1) is 0 Å². The van der Waals surface area contributed by atoms with Crippen LogP contribution in [-0.4, -0.2) is 43.8 Å². The molecule has 3 aliphatic rings. The molecule has 2 aromatic rings. The minimum absolute atomic E-state index is 0.297. The lowest BCUT2D eigenvalue weighted by Crippen LogP contribution is -2.40. The molecule has 2 unspecified atom stereocenters. The summed E-state index contributed by atoms with van der Waals surface area (Å²) in [4.78, 5) is 14.2. The molecule has 0 amide bonds. The Morgan fingerprint density at radius 1 is 1.18 bits per heavy atom. The molecule has 2 aromatic carbocycles. The number of benzene rings is 2. The Morgan fingerprint density at radius 3 is 2.68 bits per heavy atom. The summed E-state index contributed by atoms with van der Waals surface area (Å²) in [6, 6.07) is 14.7. The van der Waals surface area contributed by atoms with Crippen molar-refractivity contribution in [2.75, 3.05) is 26.2 Å². The summed E-state index contributed by atoms with van der Waals surface area (Å²) in [5.41, 5.74) is 6.92. The van der Waals surface area contributed by atoms with E-state index in [4.69, 9.17) is 9.84 Å². The van der Waals surface area contributed by atoms with Gasteiger partial charge in [0.05, 0.1) is 41.7 Å². The van der Waals surface area contributed by atoms with E-state index < -0.39 is 0 Å². The maximum atomic E-state index is 12.1. The number of esters is 1. The number of carbonyl (C=O) groups excluding carboxylic acids is 1. The van der Waals surface area contributed by atoms with Crippen molar-refractivity contribution in [2.24, 2.45) is 16.9 Å². The predicted octanol–water partition coefficient (Wildman–Crippen LogP) is 4.75. The Balaban J connectivity index is 1.57. The first-order valence-corrected chi connectivity index (χ1v) is 12.3. The van der Waals surface area contributed by atoms with Crippen LogP contribution in [0.15, 0.2) is 41.5 Å². The van der Waals surface area contributed by atoms with E-state index in [9.17, 15) is 10.1 Å². The fourth-order valence-electron chi connectivity index (χ4n) is 6.12. The van der Waals surface area contributed by atoms with Crippen molar-refractivity contribution in [1.29, 1.82) is 5.26 Å². The number of nitrogens with zero attached hydrogens (tertiary/aromatic N) is 4. The lowest BCUT2D eigenvalue weighted by molar-refractivity contribution is 0.0600. The van der Waals surface area contributed by atoms with E-state index >= 15 is 0 Å². The standard InChI is InChI=1S/C28H32N4O2/c1-31(2)17-22-15-23(11-8-21(22)16-29)32-27(18-6-4-5-7-18)25-13-9-19-14-20(28(33)34-3)10-12-24(19)26(25)30-32/h8,10-12,14-15,18,25,27H,4-7,9,13,17H2,1-3H3. The topological polar surface area (TPSA) is 68.9 Å². The summed E-state index contributed by atoms with van der Waals surface area (Å²) in [5.74, 6) is 0.706. The van der Waals surface area contributed by atoms with E-state index in [2.05, 4.69) is 34.2 Å². The third-order valence-electron chi connectivity index (χ3n) is 7.63. The minimum atomic E-state index is -0.297. The maximum absolute atomic E-state index is 12.1. The first kappa shape index (κ1) is 22.6. The van der Waals surface area contributed by atoms with E-state index in [1.54, 1.807) is 0 Å². The molecular weight excluding hydrogens is 424 g/mol. The van der Waals surface area contributed by atoms with Crippen LogP contribution in [-0.2, 0) is 17.7 Å². The zero-order chi connectivity index (χ0) is 23.8. The van der Waals surface area contributed by atoms with Gasteiger partial charge in [-0.1, -0.05) is 18.9 Å². The van der Waals surface area contributed by atoms with Crippen molar-refractivity contribution in [3.8, 4) is 6.07 Å². The van der Waals surface area contributed by atoms with Crippen LogP contribution in [0.5, 0.6) is 0 Å². The van der Waals surface area contributed by atoms with E-state index in [-0.39, 0.29) is 5.97 Å². The number of ether oxygens (including phenoxy) is 1. The summed E-state index contributed by atoms with van der Waals surface area (Å²) in [6.45, 7) is 0.720. The van der Waals surface area contributed by atoms with E-state index in [0.717, 1.165) is 47.5 Å². The molecule has 34 heavy (non-hydrogen) atoms. The SMILES string of the molecule is COC(=O)c1ccc2c(c1)CCC1C2=NN(c2ccc(C#N)c(CN(C)C)c2)C1C1CCCC1. The summed E-state index contributed by atoms with van der Waals surface area (Å²) >= 11 is 0. The highest BCUT2D eigenvalue weighted by molar-refractivity contribution is 6.07. The van der Waals surface area contributed by atoms with Crippen LogP contribution >= 0.6 is 0 Å². The Hall–Kier alpha value is -3.17. The highest BCUT2D eigenvalue weighted by Gasteiger charge is 2.45. The highest BCUT2D eigenvalue weighted by atomic mass is 16.5. The Morgan fingerprint density at radius 2 is 1.97 bits per heavy atom. The molecule has 0 saturated heterocycles. The van der Waals surface area contributed by atoms with Crippen LogP contribution in [0.4, 0.5) is 5.69 Å². The number of methoxy groups -OCH3 is 1. The monoisotopic (exact) mass is 456 g/mol. The smallest absolute Gasteiger partial charge is 0.337 e. The van der Waals surface area contributed by atoms with Crippen molar-refractivity contribution >= 4 is 17.4 Å². The van der Waals surface area contributed by atoms with Crippen molar-refractivity contribution in [1.82, 2.24) is 4.90 Å². The van der Waals surface area contributed by atoms with E-state index in [0.29, 0.717) is 23.4 Å². The second kappa shape index (κ2) is 9.23. The molecule has 0 bridgehead atoms. The summed E-state index contributed by atoms with van der Waals surface area (Å²) in [7, 11) is 5.48. The zero-order valence-corrected chi connectivity index (χ0v) is 20.3. The van der Waals surface area contributed by atoms with Gasteiger partial charge >= 0.3 is 5.97 Å². The maximum Gasteiger partial charge on any atom is 0.337 e. The first-order valence-electron chi connectivity index (χ1n) is 12.3. The van der Waals surface area contributed by atoms with Gasteiger partial charge in [0, 0.05) is 18.0 Å². The number of fused-ring (bicyclic) bond motifs is 3. The Kier molecular flexibility index (Phi) is 6.14. The molecule has 5 rings (SSSR count). The van der Waals surface area contributed by atoms with Crippen LogP contribution in [0.2, 0.25) is 0 Å². The quantitative estimate of drug-likeness (QED) is 0.607. The van der Waals surface area contributed by atoms with Crippen LogP contribution in [0.1, 0.15) is 64.7 Å². The number of anilines is 1. The number of hydrazone groups is 1. The number of nitriles is 1. The molecule has 176 valence electrons. The molecule has 2 atom stereocenters. The molecule has 2 aliphatic carbocycles. The van der Waals surface area contributed by atoms with Crippen molar-refractivity contribution in [3.63, 3.8) is 0 Å². The van der Waals surface area contributed by atoms with Gasteiger partial charge in [-0.05, 0) is 87.2 Å². The second-order valence-electron chi connectivity index (χ2n) is 10.1. The third kappa shape index (κ3) is 3.99. The fourth-order valence-corrected chi connectivity index (χ4v) is 6.12. The Bertz CT molecular complexity index is 1170. The van der Waals surface area contributed by atoms with E-state index in [1.165, 1.54) is 38.4 Å². The third-order valence-corrected chi connectivity index (χ3v) is 7.63. The normalized spacial score (nSPS) is 21.7. The highest BCUT2D eigenvalue weighted by Crippen LogP contribution is 2.45. The molecule has 1 aliphatic heterocycles. The molecule has 1 heterocycles. The summed E-state index contributed by atoms with van der Waals surface area (Å²) < 4.78 is 4.93. The van der Waals surface area contributed by atoms with Crippen molar-refractivity contribution < 1.29 is 9.53 Å². The van der Waals surface area contributed by atoms with Gasteiger partial charge in [0.1, 0.15) is 0 Å². The van der Waals surface area contributed by atoms with Gasteiger partial charge in [-0.3, -0.25) is 5.01 Å². The Labute approximate surface area is 201 Å². The predicted molar refractivity (Wildman–Crippen MR) is 133 cm³/mol. The number of aryl methyl sites for hydroxylation is 1. The molecule has 0 N–H and O–H groups in total. The molecular formula is C28H32N4O2. The molecule has 1 fully saturated rings. The number of hydrogen-bond donors (Lipinski definition) is 0. The number of rotatable bonds is 5. The van der Waals surface area contributed by atoms with Gasteiger partial charge in [0.2, 0.25) is 0 Å². The van der Waals surface area contributed by atoms with Crippen LogP contribution < -0.4 is 5.01 Å². The molecule has 1 saturated carbocycles. The van der Waals surface area contributed by atoms with Gasteiger partial charge in [-0.2, -0.15) is 10.4 Å². The van der Waals surface area contributed by atoms with Gasteiger partial charge in [0.25, 0.3) is 0 Å². The number of carbonyl (C=O) groups is 1. The first-order chi connectivity index (χ1) is 16.5. The van der Waals surface area contributed by atoms with E-state index in [1.807, 2.05) is 32.3 Å². The molecule has 0 spiro atoms. The van der Waals surface area contributed by atoms with Crippen molar-refractivity contribution in [3.05, 3.63) is 64.2 Å². The van der Waals surface area contributed by atoms with Gasteiger partial charge in [0.15, 0.2) is 0 Å². The fraction of sp³-hybridized carbons (Fsp3) is 0.464. The van der Waals surface area contributed by atoms with Gasteiger partial charge in [-0.25, -0.2) is 4.79 Å². The van der Waals surface area contributed by atoms with Gasteiger partial charge < -0.3 is 9.64 Å².